The van der Waals surface area contributed by atoms with Gasteiger partial charge in [-0.1, -0.05) is 180 Å². The maximum Gasteiger partial charge on any atom is 0.0647 e. The van der Waals surface area contributed by atoms with Crippen molar-refractivity contribution in [3.05, 3.63) is 12.2 Å². The van der Waals surface area contributed by atoms with E-state index in [1.165, 1.54) is 180 Å². The van der Waals surface area contributed by atoms with E-state index in [-0.39, 0.29) is 0 Å². The Kier molecular flexibility index (Phi) is 32.9. The lowest BCUT2D eigenvalue weighted by Crippen LogP contribution is -2.28. The molecule has 0 saturated carbocycles. The summed E-state index contributed by atoms with van der Waals surface area (Å²) >= 11 is 0. The largest absolute Gasteiger partial charge is 0.396 e. The van der Waals surface area contributed by atoms with Crippen molar-refractivity contribution in [2.75, 3.05) is 6.61 Å². The van der Waals surface area contributed by atoms with Crippen molar-refractivity contribution in [3.63, 3.8) is 0 Å². The monoisotopic (exact) mass is 565 g/mol. The number of aliphatic hydroxyl groups is 2. The normalized spacial score (nSPS) is 13.4. The van der Waals surface area contributed by atoms with Crippen LogP contribution in [0.25, 0.3) is 0 Å². The van der Waals surface area contributed by atoms with Crippen LogP contribution in [0.5, 0.6) is 0 Å². The van der Waals surface area contributed by atoms with Crippen LogP contribution in [-0.4, -0.2) is 22.4 Å². The summed E-state index contributed by atoms with van der Waals surface area (Å²) in [5, 5.41) is 20.3. The highest BCUT2D eigenvalue weighted by atomic mass is 16.3. The summed E-state index contributed by atoms with van der Waals surface area (Å²) in [6.45, 7) is 4.93. The lowest BCUT2D eigenvalue weighted by Gasteiger charge is -2.29. The molecule has 1 unspecified atom stereocenters. The van der Waals surface area contributed by atoms with Crippen LogP contribution < -0.4 is 0 Å². The number of hydrogen-bond acceptors (Lipinski definition) is 2. The number of rotatable bonds is 34. The molecule has 40 heavy (non-hydrogen) atoms. The molecule has 2 heteroatoms. The topological polar surface area (TPSA) is 40.5 Å². The summed E-state index contributed by atoms with van der Waals surface area (Å²) in [5.41, 5.74) is -0.393. The molecule has 0 aliphatic rings. The third kappa shape index (κ3) is 30.6. The van der Waals surface area contributed by atoms with Crippen LogP contribution in [0.4, 0.5) is 0 Å². The molecule has 0 spiro atoms. The van der Waals surface area contributed by atoms with Crippen molar-refractivity contribution < 1.29 is 10.2 Å². The van der Waals surface area contributed by atoms with Gasteiger partial charge in [0.05, 0.1) is 5.60 Å². The van der Waals surface area contributed by atoms with Gasteiger partial charge < -0.3 is 10.2 Å². The number of aliphatic hydroxyl groups excluding tert-OH is 1. The second kappa shape index (κ2) is 33.2. The van der Waals surface area contributed by atoms with Gasteiger partial charge in [0.1, 0.15) is 0 Å². The average molecular weight is 565 g/mol. The van der Waals surface area contributed by atoms with E-state index in [0.717, 1.165) is 25.7 Å². The summed E-state index contributed by atoms with van der Waals surface area (Å²) in [5.74, 6) is 0. The molecule has 0 fully saturated rings. The Hall–Kier alpha value is -0.340. The quantitative estimate of drug-likeness (QED) is 0.0602. The highest BCUT2D eigenvalue weighted by Crippen LogP contribution is 2.29. The summed E-state index contributed by atoms with van der Waals surface area (Å²) in [4.78, 5) is 0. The van der Waals surface area contributed by atoms with Gasteiger partial charge in [-0.25, -0.2) is 0 Å². The zero-order chi connectivity index (χ0) is 29.2. The third-order valence-corrected chi connectivity index (χ3v) is 8.95. The molecular weight excluding hydrogens is 488 g/mol. The zero-order valence-electron chi connectivity index (χ0n) is 27.9. The molecule has 0 aliphatic heterocycles. The molecule has 2 N–H and O–H groups in total. The van der Waals surface area contributed by atoms with Crippen molar-refractivity contribution in [1.82, 2.24) is 0 Å². The molecule has 0 rings (SSSR count). The van der Waals surface area contributed by atoms with Gasteiger partial charge >= 0.3 is 0 Å². The SMILES string of the molecule is CCCCCCCCCCCC(O)(CCCCCCCC)CCCCCCCCC=CCCCCCCCCO. The fraction of sp³-hybridized carbons (Fsp3) is 0.947. The van der Waals surface area contributed by atoms with E-state index in [0.29, 0.717) is 6.61 Å². The molecule has 0 aliphatic carbocycles. The molecule has 0 bridgehead atoms. The first kappa shape index (κ1) is 39.7. The van der Waals surface area contributed by atoms with Crippen LogP contribution in [0, 0.1) is 0 Å². The fourth-order valence-corrected chi connectivity index (χ4v) is 6.11. The van der Waals surface area contributed by atoms with Gasteiger partial charge in [-0.05, 0) is 51.4 Å². The van der Waals surface area contributed by atoms with Crippen molar-refractivity contribution >= 4 is 0 Å². The third-order valence-electron chi connectivity index (χ3n) is 8.95. The molecule has 0 radical (unpaired) electrons. The van der Waals surface area contributed by atoms with E-state index in [1.807, 2.05) is 0 Å². The first-order valence-electron chi connectivity index (χ1n) is 18.7. The van der Waals surface area contributed by atoms with Crippen molar-refractivity contribution in [2.45, 2.75) is 225 Å². The maximum absolute atomic E-state index is 11.5. The first-order valence-corrected chi connectivity index (χ1v) is 18.7. The van der Waals surface area contributed by atoms with E-state index in [9.17, 15) is 5.11 Å². The molecule has 2 nitrogen and oxygen atoms in total. The first-order chi connectivity index (χ1) is 19.7. The molecule has 0 saturated heterocycles. The van der Waals surface area contributed by atoms with Gasteiger partial charge in [0, 0.05) is 6.61 Å². The molecule has 240 valence electrons. The van der Waals surface area contributed by atoms with Crippen LogP contribution in [-0.2, 0) is 0 Å². The minimum Gasteiger partial charge on any atom is -0.396 e. The number of hydrogen-bond donors (Lipinski definition) is 2. The average Bonchev–Trinajstić information content (AvgIpc) is 2.96. The molecular formula is C38H76O2. The van der Waals surface area contributed by atoms with Crippen molar-refractivity contribution in [2.24, 2.45) is 0 Å². The van der Waals surface area contributed by atoms with Gasteiger partial charge in [-0.15, -0.1) is 0 Å². The van der Waals surface area contributed by atoms with E-state index >= 15 is 0 Å². The fourth-order valence-electron chi connectivity index (χ4n) is 6.11. The summed E-state index contributed by atoms with van der Waals surface area (Å²) in [6.07, 6.45) is 45.9. The number of unbranched alkanes of at least 4 members (excludes halogenated alkanes) is 25. The molecule has 0 amide bonds. The number of allylic oxidation sites excluding steroid dienone is 2. The van der Waals surface area contributed by atoms with E-state index in [2.05, 4.69) is 26.0 Å². The van der Waals surface area contributed by atoms with Crippen LogP contribution in [0.2, 0.25) is 0 Å². The molecule has 0 aromatic rings. The van der Waals surface area contributed by atoms with Crippen LogP contribution in [0.1, 0.15) is 219 Å². The lowest BCUT2D eigenvalue weighted by molar-refractivity contribution is 0.00704. The van der Waals surface area contributed by atoms with E-state index in [1.54, 1.807) is 0 Å². The second-order valence-electron chi connectivity index (χ2n) is 13.1. The highest BCUT2D eigenvalue weighted by molar-refractivity contribution is 4.81. The van der Waals surface area contributed by atoms with Gasteiger partial charge in [-0.2, -0.15) is 0 Å². The Morgan fingerprint density at radius 3 is 0.975 bits per heavy atom. The Morgan fingerprint density at radius 2 is 0.650 bits per heavy atom. The van der Waals surface area contributed by atoms with E-state index in [4.69, 9.17) is 5.11 Å². The van der Waals surface area contributed by atoms with Crippen molar-refractivity contribution in [3.8, 4) is 0 Å². The molecule has 1 atom stereocenters. The Balaban J connectivity index is 3.91. The second-order valence-corrected chi connectivity index (χ2v) is 13.1. The molecule has 0 aromatic heterocycles. The van der Waals surface area contributed by atoms with E-state index < -0.39 is 5.60 Å². The zero-order valence-corrected chi connectivity index (χ0v) is 27.9. The van der Waals surface area contributed by atoms with Gasteiger partial charge in [-0.3, -0.25) is 0 Å². The predicted octanol–water partition coefficient (Wildman–Crippen LogP) is 12.8. The van der Waals surface area contributed by atoms with Crippen LogP contribution in [0.15, 0.2) is 12.2 Å². The van der Waals surface area contributed by atoms with Crippen LogP contribution >= 0.6 is 0 Å². The van der Waals surface area contributed by atoms with Gasteiger partial charge in [0.2, 0.25) is 0 Å². The standard InChI is InChI=1S/C38H76O2/c1-3-5-7-9-11-20-23-27-31-35-38(40,34-30-26-10-8-6-4-2)36-32-28-24-21-18-16-14-12-13-15-17-19-22-25-29-33-37-39/h12-13,39-40H,3-11,14-37H2,1-2H3. The Morgan fingerprint density at radius 1 is 0.375 bits per heavy atom. The minimum absolute atomic E-state index is 0.352. The van der Waals surface area contributed by atoms with Crippen molar-refractivity contribution in [1.29, 1.82) is 0 Å². The maximum atomic E-state index is 11.5. The highest BCUT2D eigenvalue weighted by Gasteiger charge is 2.25. The molecule has 0 aromatic carbocycles. The summed E-state index contributed by atoms with van der Waals surface area (Å²) < 4.78 is 0. The van der Waals surface area contributed by atoms with Gasteiger partial charge in [0.15, 0.2) is 0 Å². The van der Waals surface area contributed by atoms with Gasteiger partial charge in [0.25, 0.3) is 0 Å². The summed E-state index contributed by atoms with van der Waals surface area (Å²) in [7, 11) is 0. The molecule has 0 heterocycles. The van der Waals surface area contributed by atoms with Crippen LogP contribution in [0.3, 0.4) is 0 Å². The Bertz CT molecular complexity index is 488. The predicted molar refractivity (Wildman–Crippen MR) is 180 cm³/mol. The Labute approximate surface area is 253 Å². The lowest BCUT2D eigenvalue weighted by atomic mass is 9.85. The minimum atomic E-state index is -0.393. The smallest absolute Gasteiger partial charge is 0.0647 e. The summed E-state index contributed by atoms with van der Waals surface area (Å²) in [6, 6.07) is 0.